The minimum Gasteiger partial charge on any atom is -0.487 e. The SMILES string of the molecule is O=C(O)/C(=N/OC(c1ccc(OCc2ccc3ccccc3n2)cc1)C1CCCCC1)c1ccccc1. The molecule has 1 heterocycles. The van der Waals surface area contributed by atoms with Crippen LogP contribution in [0.15, 0.2) is 96.2 Å². The summed E-state index contributed by atoms with van der Waals surface area (Å²) in [6.45, 7) is 0.371. The number of nitrogens with zero attached hydrogens (tertiary/aromatic N) is 2. The Labute approximate surface area is 216 Å². The lowest BCUT2D eigenvalue weighted by atomic mass is 9.83. The van der Waals surface area contributed by atoms with Crippen LogP contribution in [-0.2, 0) is 16.2 Å². The number of carboxylic acids is 1. The molecule has 0 aliphatic heterocycles. The second kappa shape index (κ2) is 11.7. The van der Waals surface area contributed by atoms with Gasteiger partial charge in [-0.25, -0.2) is 9.78 Å². The van der Waals surface area contributed by atoms with Crippen molar-refractivity contribution in [3.8, 4) is 5.75 Å². The summed E-state index contributed by atoms with van der Waals surface area (Å²) < 4.78 is 6.00. The Kier molecular flexibility index (Phi) is 7.75. The van der Waals surface area contributed by atoms with Gasteiger partial charge in [-0.1, -0.05) is 91.1 Å². The summed E-state index contributed by atoms with van der Waals surface area (Å²) in [6.07, 6.45) is 5.22. The molecule has 1 aliphatic carbocycles. The molecule has 188 valence electrons. The quantitative estimate of drug-likeness (QED) is 0.201. The third kappa shape index (κ3) is 6.15. The van der Waals surface area contributed by atoms with Crippen molar-refractivity contribution in [3.63, 3.8) is 0 Å². The lowest BCUT2D eigenvalue weighted by Crippen LogP contribution is -2.20. The number of hydrogen-bond donors (Lipinski definition) is 1. The number of aromatic nitrogens is 1. The van der Waals surface area contributed by atoms with Gasteiger partial charge in [0.05, 0.1) is 11.2 Å². The molecular formula is C31H30N2O4. The number of carboxylic acid groups (broad SMARTS) is 1. The lowest BCUT2D eigenvalue weighted by molar-refractivity contribution is -0.129. The third-order valence-electron chi connectivity index (χ3n) is 6.84. The van der Waals surface area contributed by atoms with Crippen molar-refractivity contribution in [2.24, 2.45) is 11.1 Å². The standard InChI is InChI=1S/C31H30N2O4/c34-31(35)29(23-10-3-1-4-11-23)33-37-30(24-12-5-2-6-13-24)25-16-19-27(20-17-25)36-21-26-18-15-22-9-7-8-14-28(22)32-26/h1,3-4,7-11,14-20,24,30H,2,5-6,12-13,21H2,(H,34,35)/b33-29+. The topological polar surface area (TPSA) is 81.0 Å². The first-order chi connectivity index (χ1) is 18.2. The molecule has 0 spiro atoms. The number of aliphatic carboxylic acids is 1. The van der Waals surface area contributed by atoms with Crippen LogP contribution in [-0.4, -0.2) is 21.8 Å². The molecule has 0 saturated heterocycles. The fraction of sp³-hybridized carbons (Fsp3) is 0.258. The smallest absolute Gasteiger partial charge is 0.358 e. The first-order valence-electron chi connectivity index (χ1n) is 12.8. The van der Waals surface area contributed by atoms with E-state index in [9.17, 15) is 9.90 Å². The van der Waals surface area contributed by atoms with E-state index in [1.807, 2.05) is 60.7 Å². The highest BCUT2D eigenvalue weighted by Gasteiger charge is 2.28. The number of oxime groups is 1. The van der Waals surface area contributed by atoms with Crippen LogP contribution in [0.4, 0.5) is 0 Å². The summed E-state index contributed by atoms with van der Waals surface area (Å²) in [6, 6.07) is 28.7. The van der Waals surface area contributed by atoms with E-state index in [0.717, 1.165) is 53.6 Å². The minimum atomic E-state index is -1.11. The maximum Gasteiger partial charge on any atom is 0.358 e. The molecule has 37 heavy (non-hydrogen) atoms. The largest absolute Gasteiger partial charge is 0.487 e. The molecule has 1 aromatic heterocycles. The normalized spacial score (nSPS) is 15.3. The van der Waals surface area contributed by atoms with Crippen LogP contribution in [0.2, 0.25) is 0 Å². The van der Waals surface area contributed by atoms with E-state index < -0.39 is 5.97 Å². The molecular weight excluding hydrogens is 464 g/mol. The molecule has 0 bridgehead atoms. The zero-order valence-corrected chi connectivity index (χ0v) is 20.6. The van der Waals surface area contributed by atoms with Gasteiger partial charge >= 0.3 is 5.97 Å². The highest BCUT2D eigenvalue weighted by molar-refractivity contribution is 6.42. The van der Waals surface area contributed by atoms with Gasteiger partial charge in [-0.3, -0.25) is 0 Å². The Balaban J connectivity index is 1.32. The van der Waals surface area contributed by atoms with Gasteiger partial charge in [0.15, 0.2) is 11.8 Å². The van der Waals surface area contributed by atoms with Gasteiger partial charge in [-0.05, 0) is 42.7 Å². The van der Waals surface area contributed by atoms with Gasteiger partial charge in [-0.15, -0.1) is 0 Å². The number of para-hydroxylation sites is 1. The Bertz CT molecular complexity index is 1360. The number of rotatable bonds is 9. The van der Waals surface area contributed by atoms with Gasteiger partial charge in [0.1, 0.15) is 12.4 Å². The predicted molar refractivity (Wildman–Crippen MR) is 144 cm³/mol. The number of pyridine rings is 1. The molecule has 1 atom stereocenters. The average molecular weight is 495 g/mol. The molecule has 3 aromatic carbocycles. The number of fused-ring (bicyclic) bond motifs is 1. The molecule has 1 unspecified atom stereocenters. The van der Waals surface area contributed by atoms with E-state index in [4.69, 9.17) is 9.57 Å². The zero-order chi connectivity index (χ0) is 25.5. The molecule has 1 N–H and O–H groups in total. The molecule has 1 fully saturated rings. The van der Waals surface area contributed by atoms with Crippen LogP contribution in [0, 0.1) is 5.92 Å². The van der Waals surface area contributed by atoms with Crippen molar-refractivity contribution in [2.45, 2.75) is 44.8 Å². The second-order valence-electron chi connectivity index (χ2n) is 9.39. The van der Waals surface area contributed by atoms with Crippen LogP contribution in [0.3, 0.4) is 0 Å². The van der Waals surface area contributed by atoms with E-state index in [2.05, 4.69) is 16.2 Å². The van der Waals surface area contributed by atoms with Gasteiger partial charge in [0.2, 0.25) is 0 Å². The molecule has 0 amide bonds. The molecule has 0 radical (unpaired) electrons. The molecule has 1 saturated carbocycles. The molecule has 6 nitrogen and oxygen atoms in total. The van der Waals surface area contributed by atoms with E-state index >= 15 is 0 Å². The maximum absolute atomic E-state index is 11.9. The summed E-state index contributed by atoms with van der Waals surface area (Å²) in [4.78, 5) is 22.6. The van der Waals surface area contributed by atoms with E-state index in [0.29, 0.717) is 12.2 Å². The van der Waals surface area contributed by atoms with Gasteiger partial charge < -0.3 is 14.7 Å². The fourth-order valence-electron chi connectivity index (χ4n) is 4.88. The highest BCUT2D eigenvalue weighted by Crippen LogP contribution is 2.37. The summed E-state index contributed by atoms with van der Waals surface area (Å²) in [5.41, 5.74) is 3.20. The number of carbonyl (C=O) groups is 1. The van der Waals surface area contributed by atoms with Crippen molar-refractivity contribution >= 4 is 22.6 Å². The van der Waals surface area contributed by atoms with Crippen LogP contribution in [0.5, 0.6) is 5.75 Å². The van der Waals surface area contributed by atoms with E-state index in [1.54, 1.807) is 24.3 Å². The van der Waals surface area contributed by atoms with Gasteiger partial charge in [0, 0.05) is 16.9 Å². The maximum atomic E-state index is 11.9. The van der Waals surface area contributed by atoms with E-state index in [1.165, 1.54) is 6.42 Å². The van der Waals surface area contributed by atoms with Crippen LogP contribution in [0.25, 0.3) is 10.9 Å². The van der Waals surface area contributed by atoms with Crippen LogP contribution < -0.4 is 4.74 Å². The molecule has 4 aromatic rings. The second-order valence-corrected chi connectivity index (χ2v) is 9.39. The Morgan fingerprint density at radius 1 is 0.892 bits per heavy atom. The number of ether oxygens (including phenoxy) is 1. The summed E-state index contributed by atoms with van der Waals surface area (Å²) in [5, 5.41) is 15.0. The Morgan fingerprint density at radius 2 is 1.62 bits per heavy atom. The molecule has 6 heteroatoms. The van der Waals surface area contributed by atoms with Crippen LogP contribution in [0.1, 0.15) is 55.0 Å². The minimum absolute atomic E-state index is 0.0933. The monoisotopic (exact) mass is 494 g/mol. The summed E-state index contributed by atoms with van der Waals surface area (Å²) >= 11 is 0. The van der Waals surface area contributed by atoms with Crippen molar-refractivity contribution in [2.75, 3.05) is 0 Å². The summed E-state index contributed by atoms with van der Waals surface area (Å²) in [7, 11) is 0. The van der Waals surface area contributed by atoms with Crippen molar-refractivity contribution in [1.29, 1.82) is 0 Å². The molecule has 1 aliphatic rings. The zero-order valence-electron chi connectivity index (χ0n) is 20.6. The van der Waals surface area contributed by atoms with Crippen molar-refractivity contribution < 1.29 is 19.5 Å². The Morgan fingerprint density at radius 3 is 2.38 bits per heavy atom. The predicted octanol–water partition coefficient (Wildman–Crippen LogP) is 6.94. The van der Waals surface area contributed by atoms with Crippen molar-refractivity contribution in [3.05, 3.63) is 108 Å². The number of hydrogen-bond acceptors (Lipinski definition) is 5. The number of benzene rings is 3. The third-order valence-corrected chi connectivity index (χ3v) is 6.84. The van der Waals surface area contributed by atoms with Gasteiger partial charge in [-0.2, -0.15) is 0 Å². The lowest BCUT2D eigenvalue weighted by Gasteiger charge is -2.29. The highest BCUT2D eigenvalue weighted by atomic mass is 16.6. The van der Waals surface area contributed by atoms with Crippen molar-refractivity contribution in [1.82, 2.24) is 4.98 Å². The van der Waals surface area contributed by atoms with E-state index in [-0.39, 0.29) is 17.7 Å². The first kappa shape index (κ1) is 24.5. The first-order valence-corrected chi connectivity index (χ1v) is 12.8. The fourth-order valence-corrected chi connectivity index (χ4v) is 4.88. The van der Waals surface area contributed by atoms with Crippen LogP contribution >= 0.6 is 0 Å². The average Bonchev–Trinajstić information content (AvgIpc) is 2.95. The molecule has 5 rings (SSSR count). The van der Waals surface area contributed by atoms with Gasteiger partial charge in [0.25, 0.3) is 0 Å². The Hall–Kier alpha value is -4.19. The summed E-state index contributed by atoms with van der Waals surface area (Å²) in [5.74, 6) is -0.100.